The van der Waals surface area contributed by atoms with E-state index < -0.39 is 0 Å². The fourth-order valence-corrected chi connectivity index (χ4v) is 3.43. The molecule has 1 heterocycles. The van der Waals surface area contributed by atoms with Gasteiger partial charge in [-0.15, -0.1) is 0 Å². The van der Waals surface area contributed by atoms with Crippen molar-refractivity contribution in [3.8, 4) is 5.75 Å². The van der Waals surface area contributed by atoms with Crippen LogP contribution in [0.4, 0.5) is 0 Å². The van der Waals surface area contributed by atoms with Gasteiger partial charge in [-0.2, -0.15) is 0 Å². The summed E-state index contributed by atoms with van der Waals surface area (Å²) in [6.45, 7) is 0. The third kappa shape index (κ3) is 2.76. The average Bonchev–Trinajstić information content (AvgIpc) is 2.90. The van der Waals surface area contributed by atoms with Crippen molar-refractivity contribution in [2.24, 2.45) is 0 Å². The first-order valence-corrected chi connectivity index (χ1v) is 7.74. The molecular weight excluding hydrogens is 400 g/mol. The van der Waals surface area contributed by atoms with Gasteiger partial charge in [0.15, 0.2) is 5.76 Å². The van der Waals surface area contributed by atoms with Crippen LogP contribution in [-0.4, -0.2) is 12.9 Å². The highest BCUT2D eigenvalue weighted by Crippen LogP contribution is 2.31. The zero-order chi connectivity index (χ0) is 15.0. The second kappa shape index (κ2) is 5.66. The van der Waals surface area contributed by atoms with Crippen molar-refractivity contribution in [2.75, 3.05) is 7.11 Å². The Balaban J connectivity index is 2.07. The summed E-state index contributed by atoms with van der Waals surface area (Å²) in [5, 5.41) is 0.863. The van der Waals surface area contributed by atoms with E-state index >= 15 is 0 Å². The quantitative estimate of drug-likeness (QED) is 0.558. The highest BCUT2D eigenvalue weighted by Gasteiger charge is 2.16. The molecule has 3 nitrogen and oxygen atoms in total. The Morgan fingerprint density at radius 2 is 1.95 bits per heavy atom. The third-order valence-corrected chi connectivity index (χ3v) is 4.14. The molecule has 0 saturated heterocycles. The minimum atomic E-state index is -0.173. The van der Waals surface area contributed by atoms with Crippen LogP contribution in [0.5, 0.6) is 5.75 Å². The van der Waals surface area contributed by atoms with E-state index in [2.05, 4.69) is 31.9 Å². The van der Waals surface area contributed by atoms with Crippen LogP contribution in [0.1, 0.15) is 16.1 Å². The van der Waals surface area contributed by atoms with Crippen LogP contribution in [0, 0.1) is 0 Å². The third-order valence-electron chi connectivity index (χ3n) is 3.09. The second-order valence-electron chi connectivity index (χ2n) is 4.48. The fourth-order valence-electron chi connectivity index (χ4n) is 2.09. The molecule has 0 bridgehead atoms. The average molecular weight is 410 g/mol. The van der Waals surface area contributed by atoms with Crippen molar-refractivity contribution in [2.45, 2.75) is 0 Å². The zero-order valence-electron chi connectivity index (χ0n) is 11.0. The molecule has 0 aliphatic carbocycles. The van der Waals surface area contributed by atoms with Gasteiger partial charge < -0.3 is 9.15 Å². The number of ketones is 1. The van der Waals surface area contributed by atoms with Crippen molar-refractivity contribution in [3.05, 3.63) is 62.7 Å². The molecule has 0 fully saturated rings. The molecule has 21 heavy (non-hydrogen) atoms. The minimum absolute atomic E-state index is 0.173. The first-order chi connectivity index (χ1) is 10.1. The van der Waals surface area contributed by atoms with Gasteiger partial charge >= 0.3 is 0 Å². The zero-order valence-corrected chi connectivity index (χ0v) is 14.2. The Hall–Kier alpha value is -1.59. The minimum Gasteiger partial charge on any atom is -0.497 e. The number of fused-ring (bicyclic) bond motifs is 1. The number of methoxy groups -OCH3 is 1. The molecule has 0 saturated carbocycles. The lowest BCUT2D eigenvalue weighted by Crippen LogP contribution is -1.99. The molecule has 0 amide bonds. The maximum Gasteiger partial charge on any atom is 0.228 e. The van der Waals surface area contributed by atoms with Gasteiger partial charge in [0, 0.05) is 15.4 Å². The highest BCUT2D eigenvalue weighted by molar-refractivity contribution is 9.11. The number of carbonyl (C=O) groups excluding carboxylic acids is 1. The molecule has 106 valence electrons. The van der Waals surface area contributed by atoms with Crippen LogP contribution in [-0.2, 0) is 0 Å². The number of halogens is 2. The standard InChI is InChI=1S/C16H10Br2O3/c1-20-12-4-2-3-9(6-12)15(19)14-7-10-5-11(17)8-13(18)16(10)21-14/h2-8H,1H3. The SMILES string of the molecule is COc1cccc(C(=O)c2cc3cc(Br)cc(Br)c3o2)c1. The van der Waals surface area contributed by atoms with Crippen molar-refractivity contribution in [1.82, 2.24) is 0 Å². The van der Waals surface area contributed by atoms with Crippen LogP contribution < -0.4 is 4.74 Å². The molecule has 0 atom stereocenters. The lowest BCUT2D eigenvalue weighted by Gasteiger charge is -2.01. The molecule has 0 spiro atoms. The molecule has 5 heteroatoms. The van der Waals surface area contributed by atoms with E-state index in [1.807, 2.05) is 12.1 Å². The molecule has 3 rings (SSSR count). The van der Waals surface area contributed by atoms with E-state index in [4.69, 9.17) is 9.15 Å². The molecule has 0 aliphatic heterocycles. The number of hydrogen-bond donors (Lipinski definition) is 0. The van der Waals surface area contributed by atoms with Gasteiger partial charge in [0.1, 0.15) is 11.3 Å². The summed E-state index contributed by atoms with van der Waals surface area (Å²) in [6, 6.07) is 12.5. The molecule has 0 N–H and O–H groups in total. The molecule has 0 radical (unpaired) electrons. The Bertz CT molecular complexity index is 837. The van der Waals surface area contributed by atoms with Crippen molar-refractivity contribution in [3.63, 3.8) is 0 Å². The monoisotopic (exact) mass is 408 g/mol. The Kier molecular flexibility index (Phi) is 3.87. The maximum absolute atomic E-state index is 12.5. The maximum atomic E-state index is 12.5. The number of carbonyl (C=O) groups is 1. The van der Waals surface area contributed by atoms with Gasteiger partial charge in [0.05, 0.1) is 11.6 Å². The summed E-state index contributed by atoms with van der Waals surface area (Å²) in [6.07, 6.45) is 0. The summed E-state index contributed by atoms with van der Waals surface area (Å²) in [4.78, 5) is 12.5. The van der Waals surface area contributed by atoms with Crippen molar-refractivity contribution >= 4 is 48.6 Å². The number of ether oxygens (including phenoxy) is 1. The number of rotatable bonds is 3. The molecule has 3 aromatic rings. The molecule has 1 aromatic heterocycles. The summed E-state index contributed by atoms with van der Waals surface area (Å²) in [5.41, 5.74) is 1.19. The molecular formula is C16H10Br2O3. The van der Waals surface area contributed by atoms with Gasteiger partial charge in [-0.3, -0.25) is 4.79 Å². The van der Waals surface area contributed by atoms with E-state index in [9.17, 15) is 4.79 Å². The predicted octanol–water partition coefficient (Wildman–Crippen LogP) is 5.20. The van der Waals surface area contributed by atoms with E-state index in [0.29, 0.717) is 22.7 Å². The van der Waals surface area contributed by atoms with E-state index in [1.54, 1.807) is 37.4 Å². The largest absolute Gasteiger partial charge is 0.497 e. The topological polar surface area (TPSA) is 39.4 Å². The van der Waals surface area contributed by atoms with Crippen LogP contribution in [0.15, 0.2) is 55.8 Å². The Morgan fingerprint density at radius 1 is 1.14 bits per heavy atom. The first-order valence-electron chi connectivity index (χ1n) is 6.16. The van der Waals surface area contributed by atoms with E-state index in [1.165, 1.54) is 0 Å². The second-order valence-corrected chi connectivity index (χ2v) is 6.25. The molecule has 2 aromatic carbocycles. The lowest BCUT2D eigenvalue weighted by molar-refractivity contribution is 0.101. The normalized spacial score (nSPS) is 10.8. The summed E-state index contributed by atoms with van der Waals surface area (Å²) < 4.78 is 12.5. The Morgan fingerprint density at radius 3 is 2.71 bits per heavy atom. The number of benzene rings is 2. The summed E-state index contributed by atoms with van der Waals surface area (Å²) >= 11 is 6.85. The smallest absolute Gasteiger partial charge is 0.228 e. The number of furan rings is 1. The van der Waals surface area contributed by atoms with E-state index in [0.717, 1.165) is 14.3 Å². The van der Waals surface area contributed by atoms with Crippen molar-refractivity contribution in [1.29, 1.82) is 0 Å². The van der Waals surface area contributed by atoms with Crippen LogP contribution in [0.2, 0.25) is 0 Å². The molecule has 0 unspecified atom stereocenters. The van der Waals surface area contributed by atoms with Gasteiger partial charge in [-0.05, 0) is 46.3 Å². The lowest BCUT2D eigenvalue weighted by atomic mass is 10.1. The number of hydrogen-bond acceptors (Lipinski definition) is 3. The summed E-state index contributed by atoms with van der Waals surface area (Å²) in [5.74, 6) is 0.770. The molecule has 0 aliphatic rings. The highest BCUT2D eigenvalue weighted by atomic mass is 79.9. The van der Waals surface area contributed by atoms with Gasteiger partial charge in [-0.1, -0.05) is 28.1 Å². The fraction of sp³-hybridized carbons (Fsp3) is 0.0625. The van der Waals surface area contributed by atoms with Gasteiger partial charge in [-0.25, -0.2) is 0 Å². The van der Waals surface area contributed by atoms with Crippen LogP contribution >= 0.6 is 31.9 Å². The van der Waals surface area contributed by atoms with E-state index in [-0.39, 0.29) is 5.78 Å². The van der Waals surface area contributed by atoms with Crippen LogP contribution in [0.25, 0.3) is 11.0 Å². The predicted molar refractivity (Wildman–Crippen MR) is 88.0 cm³/mol. The van der Waals surface area contributed by atoms with Gasteiger partial charge in [0.2, 0.25) is 5.78 Å². The van der Waals surface area contributed by atoms with Gasteiger partial charge in [0.25, 0.3) is 0 Å². The van der Waals surface area contributed by atoms with Crippen molar-refractivity contribution < 1.29 is 13.9 Å². The first kappa shape index (κ1) is 14.4. The van der Waals surface area contributed by atoms with Crippen LogP contribution in [0.3, 0.4) is 0 Å². The Labute approximate surface area is 138 Å². The summed E-state index contributed by atoms with van der Waals surface area (Å²) in [7, 11) is 1.57.